The summed E-state index contributed by atoms with van der Waals surface area (Å²) < 4.78 is 1.03. The molecule has 1 N–H and O–H groups in total. The highest BCUT2D eigenvalue weighted by Gasteiger charge is 2.25. The van der Waals surface area contributed by atoms with Crippen LogP contribution in [0.3, 0.4) is 0 Å². The van der Waals surface area contributed by atoms with Gasteiger partial charge in [0.05, 0.1) is 10.7 Å². The van der Waals surface area contributed by atoms with Crippen LogP contribution in [0, 0.1) is 11.8 Å². The van der Waals surface area contributed by atoms with Crippen molar-refractivity contribution in [3.8, 4) is 0 Å². The molecule has 0 radical (unpaired) electrons. The maximum absolute atomic E-state index is 6.23. The fourth-order valence-corrected chi connectivity index (χ4v) is 3.41. The first-order chi connectivity index (χ1) is 8.06. The molecule has 2 rings (SSSR count). The lowest BCUT2D eigenvalue weighted by molar-refractivity contribution is 0.276. The van der Waals surface area contributed by atoms with E-state index in [1.807, 2.05) is 12.1 Å². The van der Waals surface area contributed by atoms with Gasteiger partial charge in [-0.3, -0.25) is 0 Å². The minimum Gasteiger partial charge on any atom is -0.381 e. The summed E-state index contributed by atoms with van der Waals surface area (Å²) in [6.07, 6.45) is 3.87. The summed E-state index contributed by atoms with van der Waals surface area (Å²) in [6.45, 7) is 4.68. The Balaban J connectivity index is 2.05. The molecule has 0 heterocycles. The average molecular weight is 317 g/mol. The van der Waals surface area contributed by atoms with Crippen molar-refractivity contribution in [3.63, 3.8) is 0 Å². The lowest BCUT2D eigenvalue weighted by Gasteiger charge is -2.34. The molecule has 1 aliphatic carbocycles. The van der Waals surface area contributed by atoms with Gasteiger partial charge in [0.15, 0.2) is 0 Å². The van der Waals surface area contributed by atoms with Crippen LogP contribution in [0.5, 0.6) is 0 Å². The van der Waals surface area contributed by atoms with Gasteiger partial charge in [-0.05, 0) is 49.3 Å². The Morgan fingerprint density at radius 3 is 2.71 bits per heavy atom. The normalized spacial score (nSPS) is 29.1. The van der Waals surface area contributed by atoms with Gasteiger partial charge in [0, 0.05) is 10.5 Å². The summed E-state index contributed by atoms with van der Waals surface area (Å²) >= 11 is 9.66. The quantitative estimate of drug-likeness (QED) is 0.776. The lowest BCUT2D eigenvalue weighted by Crippen LogP contribution is -2.33. The van der Waals surface area contributed by atoms with E-state index in [2.05, 4.69) is 41.2 Å². The van der Waals surface area contributed by atoms with Crippen LogP contribution in [0.4, 0.5) is 5.69 Å². The molecule has 94 valence electrons. The molecular weight excluding hydrogens is 298 g/mol. The van der Waals surface area contributed by atoms with Crippen molar-refractivity contribution in [2.24, 2.45) is 11.8 Å². The zero-order chi connectivity index (χ0) is 12.4. The molecule has 0 aromatic heterocycles. The van der Waals surface area contributed by atoms with Crippen LogP contribution in [-0.4, -0.2) is 6.04 Å². The van der Waals surface area contributed by atoms with E-state index in [4.69, 9.17) is 11.6 Å². The Kier molecular flexibility index (Phi) is 4.37. The molecule has 1 aliphatic rings. The molecule has 0 aliphatic heterocycles. The number of rotatable bonds is 2. The van der Waals surface area contributed by atoms with Crippen LogP contribution < -0.4 is 5.32 Å². The van der Waals surface area contributed by atoms with E-state index in [1.54, 1.807) is 0 Å². The first-order valence-electron chi connectivity index (χ1n) is 6.28. The van der Waals surface area contributed by atoms with Gasteiger partial charge in [-0.1, -0.05) is 41.4 Å². The van der Waals surface area contributed by atoms with E-state index in [1.165, 1.54) is 19.3 Å². The van der Waals surface area contributed by atoms with Crippen LogP contribution in [0.15, 0.2) is 22.7 Å². The third kappa shape index (κ3) is 3.38. The smallest absolute Gasteiger partial charge is 0.0648 e. The molecule has 0 amide bonds. The molecule has 1 aromatic rings. The van der Waals surface area contributed by atoms with Gasteiger partial charge in [0.2, 0.25) is 0 Å². The van der Waals surface area contributed by atoms with Gasteiger partial charge in [-0.2, -0.15) is 0 Å². The van der Waals surface area contributed by atoms with E-state index in [0.717, 1.165) is 27.0 Å². The Bertz CT molecular complexity index is 394. The molecule has 0 bridgehead atoms. The second-order valence-electron chi connectivity index (χ2n) is 5.27. The lowest BCUT2D eigenvalue weighted by atomic mass is 9.80. The zero-order valence-corrected chi connectivity index (χ0v) is 12.7. The summed E-state index contributed by atoms with van der Waals surface area (Å²) in [5.41, 5.74) is 1.06. The van der Waals surface area contributed by atoms with Crippen molar-refractivity contribution in [3.05, 3.63) is 27.7 Å². The Labute approximate surface area is 117 Å². The molecule has 1 nitrogen and oxygen atoms in total. The fourth-order valence-electron chi connectivity index (χ4n) is 2.69. The number of nitrogens with one attached hydrogen (secondary N) is 1. The van der Waals surface area contributed by atoms with Crippen molar-refractivity contribution in [2.75, 3.05) is 5.32 Å². The number of anilines is 1. The fraction of sp³-hybridized carbons (Fsp3) is 0.571. The molecule has 3 heteroatoms. The molecule has 1 fully saturated rings. The van der Waals surface area contributed by atoms with Crippen molar-refractivity contribution in [1.82, 2.24) is 0 Å². The molecule has 3 atom stereocenters. The third-order valence-corrected chi connectivity index (χ3v) is 4.51. The molecular formula is C14H19BrClN. The predicted molar refractivity (Wildman–Crippen MR) is 78.7 cm³/mol. The second-order valence-corrected chi connectivity index (χ2v) is 6.59. The second kappa shape index (κ2) is 5.62. The van der Waals surface area contributed by atoms with Crippen LogP contribution >= 0.6 is 27.5 Å². The minimum absolute atomic E-state index is 0.560. The van der Waals surface area contributed by atoms with E-state index in [0.29, 0.717) is 6.04 Å². The Hall–Kier alpha value is -0.210. The monoisotopic (exact) mass is 315 g/mol. The summed E-state index contributed by atoms with van der Waals surface area (Å²) in [5, 5.41) is 4.39. The number of hydrogen-bond acceptors (Lipinski definition) is 1. The Morgan fingerprint density at radius 1 is 1.29 bits per heavy atom. The molecule has 0 saturated heterocycles. The van der Waals surface area contributed by atoms with E-state index < -0.39 is 0 Å². The maximum Gasteiger partial charge on any atom is 0.0648 e. The standard InChI is InChI=1S/C14H19BrClN/c1-9-3-5-13(10(2)7-9)17-14-6-4-11(15)8-12(14)16/h4,6,8-10,13,17H,3,5,7H2,1-2H3. The van der Waals surface area contributed by atoms with Gasteiger partial charge < -0.3 is 5.32 Å². The predicted octanol–water partition coefficient (Wildman–Crippen LogP) is 5.34. The van der Waals surface area contributed by atoms with Gasteiger partial charge in [0.1, 0.15) is 0 Å². The summed E-state index contributed by atoms with van der Waals surface area (Å²) in [4.78, 5) is 0. The van der Waals surface area contributed by atoms with Gasteiger partial charge in [-0.25, -0.2) is 0 Å². The first-order valence-corrected chi connectivity index (χ1v) is 7.45. The van der Waals surface area contributed by atoms with Crippen LogP contribution in [0.25, 0.3) is 0 Å². The van der Waals surface area contributed by atoms with Crippen molar-refractivity contribution < 1.29 is 0 Å². The van der Waals surface area contributed by atoms with E-state index in [9.17, 15) is 0 Å². The molecule has 1 aromatic carbocycles. The van der Waals surface area contributed by atoms with Crippen molar-refractivity contribution in [2.45, 2.75) is 39.2 Å². The SMILES string of the molecule is CC1CCC(Nc2ccc(Br)cc2Cl)C(C)C1. The average Bonchev–Trinajstić information content (AvgIpc) is 2.25. The Morgan fingerprint density at radius 2 is 2.06 bits per heavy atom. The minimum atomic E-state index is 0.560. The van der Waals surface area contributed by atoms with Gasteiger partial charge in [0.25, 0.3) is 0 Å². The summed E-state index contributed by atoms with van der Waals surface area (Å²) in [6, 6.07) is 6.59. The van der Waals surface area contributed by atoms with Crippen LogP contribution in [0.2, 0.25) is 5.02 Å². The van der Waals surface area contributed by atoms with Crippen molar-refractivity contribution >= 4 is 33.2 Å². The number of hydrogen-bond donors (Lipinski definition) is 1. The largest absolute Gasteiger partial charge is 0.381 e. The van der Waals surface area contributed by atoms with Gasteiger partial charge in [-0.15, -0.1) is 0 Å². The maximum atomic E-state index is 6.23. The topological polar surface area (TPSA) is 12.0 Å². The summed E-state index contributed by atoms with van der Waals surface area (Å²) in [7, 11) is 0. The van der Waals surface area contributed by atoms with Crippen LogP contribution in [-0.2, 0) is 0 Å². The highest BCUT2D eigenvalue weighted by Crippen LogP contribution is 2.33. The summed E-state index contributed by atoms with van der Waals surface area (Å²) in [5.74, 6) is 1.59. The molecule has 3 unspecified atom stereocenters. The zero-order valence-electron chi connectivity index (χ0n) is 10.3. The van der Waals surface area contributed by atoms with Crippen LogP contribution in [0.1, 0.15) is 33.1 Å². The molecule has 1 saturated carbocycles. The van der Waals surface area contributed by atoms with E-state index >= 15 is 0 Å². The van der Waals surface area contributed by atoms with E-state index in [-0.39, 0.29) is 0 Å². The molecule has 17 heavy (non-hydrogen) atoms. The number of halogens is 2. The number of benzene rings is 1. The highest BCUT2D eigenvalue weighted by atomic mass is 79.9. The highest BCUT2D eigenvalue weighted by molar-refractivity contribution is 9.10. The van der Waals surface area contributed by atoms with Crippen molar-refractivity contribution in [1.29, 1.82) is 0 Å². The third-order valence-electron chi connectivity index (χ3n) is 3.70. The van der Waals surface area contributed by atoms with Gasteiger partial charge >= 0.3 is 0 Å². The first kappa shape index (κ1) is 13.2. The molecule has 0 spiro atoms.